The zero-order chi connectivity index (χ0) is 13.1. The van der Waals surface area contributed by atoms with Crippen LogP contribution in [0.5, 0.6) is 0 Å². The van der Waals surface area contributed by atoms with Gasteiger partial charge in [0.2, 0.25) is 0 Å². The van der Waals surface area contributed by atoms with Crippen LogP contribution in [-0.4, -0.2) is 29.0 Å². The Bertz CT molecular complexity index is 528. The summed E-state index contributed by atoms with van der Waals surface area (Å²) in [5, 5.41) is 7.94. The van der Waals surface area contributed by atoms with Crippen molar-refractivity contribution in [1.29, 1.82) is 0 Å². The summed E-state index contributed by atoms with van der Waals surface area (Å²) < 4.78 is 7.53. The van der Waals surface area contributed by atoms with E-state index in [4.69, 9.17) is 4.74 Å². The predicted molar refractivity (Wildman–Crippen MR) is 77.8 cm³/mol. The molecule has 0 unspecified atom stereocenters. The van der Waals surface area contributed by atoms with Crippen molar-refractivity contribution >= 4 is 17.2 Å². The Morgan fingerprint density at radius 3 is 3.16 bits per heavy atom. The van der Waals surface area contributed by atoms with Gasteiger partial charge in [-0.15, -0.1) is 11.3 Å². The topological polar surface area (TPSA) is 39.1 Å². The molecule has 19 heavy (non-hydrogen) atoms. The van der Waals surface area contributed by atoms with Crippen LogP contribution in [0.3, 0.4) is 0 Å². The Labute approximate surface area is 117 Å². The first-order valence-corrected chi connectivity index (χ1v) is 7.54. The van der Waals surface area contributed by atoms with E-state index >= 15 is 0 Å². The van der Waals surface area contributed by atoms with Crippen LogP contribution < -0.4 is 5.32 Å². The zero-order valence-electron chi connectivity index (χ0n) is 11.1. The number of hydrogen-bond donors (Lipinski definition) is 1. The standard InChI is InChI=1S/C14H19N3OS/c1-11-4-5-13(19-11)9-17-14(6-7-15-17)16-12-3-2-8-18-10-12/h4-7,12,16H,2-3,8-10H2,1H3/t12-/m0/s1. The van der Waals surface area contributed by atoms with E-state index in [1.807, 2.05) is 28.3 Å². The van der Waals surface area contributed by atoms with E-state index in [2.05, 4.69) is 29.5 Å². The third-order valence-electron chi connectivity index (χ3n) is 3.33. The van der Waals surface area contributed by atoms with Crippen molar-refractivity contribution in [3.05, 3.63) is 34.2 Å². The van der Waals surface area contributed by atoms with Gasteiger partial charge in [-0.25, -0.2) is 4.68 Å². The van der Waals surface area contributed by atoms with Crippen LogP contribution in [0.1, 0.15) is 22.6 Å². The molecule has 0 amide bonds. The van der Waals surface area contributed by atoms with Crippen molar-refractivity contribution < 1.29 is 4.74 Å². The SMILES string of the molecule is Cc1ccc(Cn2nccc2N[C@H]2CCCOC2)s1. The number of nitrogens with one attached hydrogen (secondary N) is 1. The molecule has 0 aliphatic carbocycles. The first-order valence-electron chi connectivity index (χ1n) is 6.73. The molecule has 5 heteroatoms. The summed E-state index contributed by atoms with van der Waals surface area (Å²) in [7, 11) is 0. The number of thiophene rings is 1. The lowest BCUT2D eigenvalue weighted by Gasteiger charge is -2.24. The van der Waals surface area contributed by atoms with Crippen LogP contribution >= 0.6 is 11.3 Å². The minimum Gasteiger partial charge on any atom is -0.379 e. The van der Waals surface area contributed by atoms with Crippen molar-refractivity contribution in [3.63, 3.8) is 0 Å². The number of aryl methyl sites for hydroxylation is 1. The number of anilines is 1. The highest BCUT2D eigenvalue weighted by atomic mass is 32.1. The molecule has 0 spiro atoms. The molecule has 0 aromatic carbocycles. The molecule has 0 radical (unpaired) electrons. The maximum Gasteiger partial charge on any atom is 0.124 e. The number of rotatable bonds is 4. The summed E-state index contributed by atoms with van der Waals surface area (Å²) in [5.41, 5.74) is 0. The molecule has 1 aliphatic rings. The van der Waals surface area contributed by atoms with E-state index < -0.39 is 0 Å². The monoisotopic (exact) mass is 277 g/mol. The van der Waals surface area contributed by atoms with Crippen LogP contribution in [0.25, 0.3) is 0 Å². The third-order valence-corrected chi connectivity index (χ3v) is 4.32. The molecular formula is C14H19N3OS. The van der Waals surface area contributed by atoms with E-state index in [-0.39, 0.29) is 0 Å². The fourth-order valence-electron chi connectivity index (χ4n) is 2.36. The molecule has 4 nitrogen and oxygen atoms in total. The van der Waals surface area contributed by atoms with Gasteiger partial charge in [0.1, 0.15) is 5.82 Å². The van der Waals surface area contributed by atoms with Gasteiger partial charge in [-0.2, -0.15) is 5.10 Å². The first kappa shape index (κ1) is 12.7. The molecule has 102 valence electrons. The Kier molecular flexibility index (Phi) is 3.84. The predicted octanol–water partition coefficient (Wildman–Crippen LogP) is 2.89. The summed E-state index contributed by atoms with van der Waals surface area (Å²) in [6.45, 7) is 4.66. The molecule has 1 saturated heterocycles. The van der Waals surface area contributed by atoms with Gasteiger partial charge in [-0.3, -0.25) is 0 Å². The molecule has 1 aliphatic heterocycles. The third kappa shape index (κ3) is 3.16. The summed E-state index contributed by atoms with van der Waals surface area (Å²) in [6.07, 6.45) is 4.16. The van der Waals surface area contributed by atoms with Crippen molar-refractivity contribution in [3.8, 4) is 0 Å². The lowest BCUT2D eigenvalue weighted by Crippen LogP contribution is -2.31. The average molecular weight is 277 g/mol. The normalized spacial score (nSPS) is 19.5. The number of nitrogens with zero attached hydrogens (tertiary/aromatic N) is 2. The molecule has 1 atom stereocenters. The van der Waals surface area contributed by atoms with Crippen molar-refractivity contribution in [1.82, 2.24) is 9.78 Å². The summed E-state index contributed by atoms with van der Waals surface area (Å²) >= 11 is 1.83. The second kappa shape index (κ2) is 5.75. The molecule has 2 aromatic heterocycles. The summed E-state index contributed by atoms with van der Waals surface area (Å²) in [5.74, 6) is 1.08. The van der Waals surface area contributed by atoms with Gasteiger partial charge in [0.25, 0.3) is 0 Å². The van der Waals surface area contributed by atoms with Crippen LogP contribution in [0.2, 0.25) is 0 Å². The second-order valence-corrected chi connectivity index (χ2v) is 6.32. The molecular weight excluding hydrogens is 258 g/mol. The lowest BCUT2D eigenvalue weighted by molar-refractivity contribution is 0.0874. The van der Waals surface area contributed by atoms with Crippen LogP contribution in [0.15, 0.2) is 24.4 Å². The highest BCUT2D eigenvalue weighted by Crippen LogP contribution is 2.19. The van der Waals surface area contributed by atoms with E-state index in [1.165, 1.54) is 16.2 Å². The van der Waals surface area contributed by atoms with E-state index in [1.54, 1.807) is 0 Å². The highest BCUT2D eigenvalue weighted by Gasteiger charge is 2.15. The van der Waals surface area contributed by atoms with E-state index in [0.29, 0.717) is 6.04 Å². The fraction of sp³-hybridized carbons (Fsp3) is 0.500. The molecule has 1 N–H and O–H groups in total. The van der Waals surface area contributed by atoms with E-state index in [9.17, 15) is 0 Å². The Morgan fingerprint density at radius 2 is 2.42 bits per heavy atom. The number of hydrogen-bond acceptors (Lipinski definition) is 4. The minimum absolute atomic E-state index is 0.411. The first-order chi connectivity index (χ1) is 9.31. The smallest absolute Gasteiger partial charge is 0.124 e. The van der Waals surface area contributed by atoms with Gasteiger partial charge in [-0.05, 0) is 31.9 Å². The van der Waals surface area contributed by atoms with Crippen molar-refractivity contribution in [2.45, 2.75) is 32.4 Å². The largest absolute Gasteiger partial charge is 0.379 e. The highest BCUT2D eigenvalue weighted by molar-refractivity contribution is 7.11. The van der Waals surface area contributed by atoms with Gasteiger partial charge in [0, 0.05) is 22.4 Å². The Balaban J connectivity index is 1.67. The fourth-order valence-corrected chi connectivity index (χ4v) is 3.24. The lowest BCUT2D eigenvalue weighted by atomic mass is 10.1. The van der Waals surface area contributed by atoms with Crippen molar-refractivity contribution in [2.75, 3.05) is 18.5 Å². The van der Waals surface area contributed by atoms with Gasteiger partial charge >= 0.3 is 0 Å². The average Bonchev–Trinajstić information content (AvgIpc) is 3.01. The van der Waals surface area contributed by atoms with Gasteiger partial charge in [0.15, 0.2) is 0 Å². The van der Waals surface area contributed by atoms with Gasteiger partial charge in [0.05, 0.1) is 25.4 Å². The number of aromatic nitrogens is 2. The molecule has 3 rings (SSSR count). The molecule has 1 fully saturated rings. The quantitative estimate of drug-likeness (QED) is 0.934. The summed E-state index contributed by atoms with van der Waals surface area (Å²) in [6, 6.07) is 6.78. The zero-order valence-corrected chi connectivity index (χ0v) is 11.9. The van der Waals surface area contributed by atoms with Crippen LogP contribution in [0.4, 0.5) is 5.82 Å². The van der Waals surface area contributed by atoms with E-state index in [0.717, 1.165) is 32.0 Å². The summed E-state index contributed by atoms with van der Waals surface area (Å²) in [4.78, 5) is 2.68. The van der Waals surface area contributed by atoms with Gasteiger partial charge in [-0.1, -0.05) is 0 Å². The Hall–Kier alpha value is -1.33. The molecule has 2 aromatic rings. The minimum atomic E-state index is 0.411. The molecule has 3 heterocycles. The van der Waals surface area contributed by atoms with Crippen molar-refractivity contribution in [2.24, 2.45) is 0 Å². The molecule has 0 bridgehead atoms. The molecule has 0 saturated carbocycles. The maximum atomic E-state index is 5.50. The maximum absolute atomic E-state index is 5.50. The number of ether oxygens (including phenoxy) is 1. The second-order valence-electron chi connectivity index (χ2n) is 4.94. The van der Waals surface area contributed by atoms with Crippen LogP contribution in [-0.2, 0) is 11.3 Å². The van der Waals surface area contributed by atoms with Gasteiger partial charge < -0.3 is 10.1 Å². The van der Waals surface area contributed by atoms with Crippen LogP contribution in [0, 0.1) is 6.92 Å². The Morgan fingerprint density at radius 1 is 1.47 bits per heavy atom.